The molecule has 1 saturated carbocycles. The first kappa shape index (κ1) is 21.9. The number of pyridine rings is 1. The van der Waals surface area contributed by atoms with Crippen molar-refractivity contribution in [3.05, 3.63) is 66.3 Å². The summed E-state index contributed by atoms with van der Waals surface area (Å²) in [6, 6.07) is 6.26. The highest BCUT2D eigenvalue weighted by molar-refractivity contribution is 7.92. The Morgan fingerprint density at radius 3 is 2.62 bits per heavy atom. The summed E-state index contributed by atoms with van der Waals surface area (Å²) >= 11 is 0. The summed E-state index contributed by atoms with van der Waals surface area (Å²) in [4.78, 5) is 10.7. The minimum Gasteiger partial charge on any atom is -0.487 e. The lowest BCUT2D eigenvalue weighted by atomic mass is 9.81. The first-order valence-corrected chi connectivity index (χ1v) is 11.5. The fourth-order valence-electron chi connectivity index (χ4n) is 3.85. The molecule has 2 aromatic heterocycles. The third-order valence-electron chi connectivity index (χ3n) is 5.35. The zero-order valence-corrected chi connectivity index (χ0v) is 17.7. The Morgan fingerprint density at radius 1 is 1.06 bits per heavy atom. The van der Waals surface area contributed by atoms with Gasteiger partial charge in [-0.1, -0.05) is 12.5 Å². The molecule has 3 N–H and O–H groups in total. The summed E-state index contributed by atoms with van der Waals surface area (Å²) in [6.07, 6.45) is 6.76. The van der Waals surface area contributed by atoms with Gasteiger partial charge in [0, 0.05) is 36.0 Å². The van der Waals surface area contributed by atoms with Gasteiger partial charge in [0.25, 0.3) is 10.0 Å². The molecule has 2 atom stereocenters. The number of halogens is 2. The van der Waals surface area contributed by atoms with Gasteiger partial charge >= 0.3 is 0 Å². The van der Waals surface area contributed by atoms with Crippen LogP contribution in [0, 0.1) is 11.6 Å². The van der Waals surface area contributed by atoms with E-state index in [1.54, 1.807) is 12.3 Å². The molecule has 1 fully saturated rings. The van der Waals surface area contributed by atoms with Gasteiger partial charge in [-0.25, -0.2) is 32.2 Å². The topological polar surface area (TPSA) is 120 Å². The molecule has 0 bridgehead atoms. The van der Waals surface area contributed by atoms with Crippen molar-refractivity contribution in [3.8, 4) is 5.75 Å². The number of sulfonamides is 1. The zero-order valence-electron chi connectivity index (χ0n) is 16.9. The van der Waals surface area contributed by atoms with Crippen LogP contribution >= 0.6 is 0 Å². The van der Waals surface area contributed by atoms with E-state index in [9.17, 15) is 17.2 Å². The van der Waals surface area contributed by atoms with Crippen LogP contribution in [0.5, 0.6) is 5.75 Å². The van der Waals surface area contributed by atoms with Crippen molar-refractivity contribution in [2.45, 2.75) is 42.6 Å². The van der Waals surface area contributed by atoms with Crippen LogP contribution in [0.2, 0.25) is 0 Å². The van der Waals surface area contributed by atoms with E-state index in [1.807, 2.05) is 6.07 Å². The Hall–Kier alpha value is -3.34. The molecular formula is C21H21F2N5O3S. The molecule has 168 valence electrons. The highest BCUT2D eigenvalue weighted by Crippen LogP contribution is 2.38. The molecule has 1 aliphatic carbocycles. The first-order chi connectivity index (χ1) is 15.3. The van der Waals surface area contributed by atoms with E-state index in [1.165, 1.54) is 12.3 Å². The van der Waals surface area contributed by atoms with Crippen molar-refractivity contribution in [1.29, 1.82) is 0 Å². The molecule has 1 aromatic carbocycles. The van der Waals surface area contributed by atoms with Gasteiger partial charge < -0.3 is 10.5 Å². The lowest BCUT2D eigenvalue weighted by molar-refractivity contribution is 0.124. The number of aromatic nitrogens is 3. The summed E-state index contributed by atoms with van der Waals surface area (Å²) in [6.45, 7) is 0. The number of nitrogen functional groups attached to an aromatic ring is 1. The smallest absolute Gasteiger partial charge is 0.266 e. The maximum atomic E-state index is 14.8. The number of hydrogen-bond donors (Lipinski definition) is 2. The number of nitrogens with zero attached hydrogens (tertiary/aromatic N) is 3. The summed E-state index contributed by atoms with van der Waals surface area (Å²) in [7, 11) is -4.41. The van der Waals surface area contributed by atoms with Gasteiger partial charge in [0.2, 0.25) is 0 Å². The minimum absolute atomic E-state index is 0.0701. The second-order valence-electron chi connectivity index (χ2n) is 7.44. The molecule has 4 rings (SSSR count). The second-order valence-corrected chi connectivity index (χ2v) is 9.09. The van der Waals surface area contributed by atoms with Gasteiger partial charge in [-0.3, -0.25) is 4.72 Å². The van der Waals surface area contributed by atoms with Gasteiger partial charge in [-0.2, -0.15) is 0 Å². The van der Waals surface area contributed by atoms with Gasteiger partial charge in [0.15, 0.2) is 11.6 Å². The third kappa shape index (κ3) is 4.62. The molecule has 11 heteroatoms. The van der Waals surface area contributed by atoms with Crippen LogP contribution in [-0.2, 0) is 10.0 Å². The fourth-order valence-corrected chi connectivity index (χ4v) is 4.93. The fraction of sp³-hybridized carbons (Fsp3) is 0.286. The van der Waals surface area contributed by atoms with Gasteiger partial charge in [0.1, 0.15) is 34.8 Å². The molecule has 0 aliphatic heterocycles. The van der Waals surface area contributed by atoms with Gasteiger partial charge in [-0.05, 0) is 31.4 Å². The van der Waals surface area contributed by atoms with Crippen LogP contribution in [0.3, 0.4) is 0 Å². The molecule has 0 radical (unpaired) electrons. The van der Waals surface area contributed by atoms with E-state index in [-0.39, 0.29) is 17.5 Å². The van der Waals surface area contributed by atoms with Crippen molar-refractivity contribution in [2.75, 3.05) is 10.5 Å². The standard InChI is InChI=1S/C21H21F2N5O3S/c22-15-11-19(32(29,30)28-20-7-9-25-12-27-20)16(23)10-18(15)31-17-6-2-1-4-13(17)14-5-3-8-26-21(14)24/h3,5,7-13,17H,1-2,4,6H2,(H2,24,26)(H,25,27,28). The molecule has 3 aromatic rings. The van der Waals surface area contributed by atoms with E-state index < -0.39 is 32.7 Å². The van der Waals surface area contributed by atoms with E-state index in [4.69, 9.17) is 10.5 Å². The van der Waals surface area contributed by atoms with Crippen molar-refractivity contribution in [2.24, 2.45) is 0 Å². The zero-order chi connectivity index (χ0) is 22.7. The summed E-state index contributed by atoms with van der Waals surface area (Å²) in [5.74, 6) is -2.32. The van der Waals surface area contributed by atoms with Crippen LogP contribution < -0.4 is 15.2 Å². The van der Waals surface area contributed by atoms with Crippen molar-refractivity contribution >= 4 is 21.7 Å². The molecule has 0 spiro atoms. The molecule has 2 heterocycles. The Kier molecular flexibility index (Phi) is 6.17. The van der Waals surface area contributed by atoms with Crippen LogP contribution in [0.15, 0.2) is 53.9 Å². The molecule has 2 unspecified atom stereocenters. The third-order valence-corrected chi connectivity index (χ3v) is 6.72. The second kappa shape index (κ2) is 9.03. The molecular weight excluding hydrogens is 440 g/mol. The lowest BCUT2D eigenvalue weighted by Crippen LogP contribution is -2.30. The van der Waals surface area contributed by atoms with E-state index in [0.29, 0.717) is 18.3 Å². The molecule has 1 aliphatic rings. The average Bonchev–Trinajstić information content (AvgIpc) is 2.77. The number of anilines is 2. The Labute approximate surface area is 183 Å². The van der Waals surface area contributed by atoms with Crippen LogP contribution in [0.25, 0.3) is 0 Å². The molecule has 8 nitrogen and oxygen atoms in total. The van der Waals surface area contributed by atoms with E-state index in [2.05, 4.69) is 19.7 Å². The van der Waals surface area contributed by atoms with Crippen molar-refractivity contribution in [3.63, 3.8) is 0 Å². The first-order valence-electron chi connectivity index (χ1n) is 10.00. The maximum absolute atomic E-state index is 14.8. The van der Waals surface area contributed by atoms with Crippen molar-refractivity contribution in [1.82, 2.24) is 15.0 Å². The van der Waals surface area contributed by atoms with Crippen LogP contribution in [0.4, 0.5) is 20.4 Å². The number of nitrogens with two attached hydrogens (primary N) is 1. The number of nitrogens with one attached hydrogen (secondary N) is 1. The summed E-state index contributed by atoms with van der Waals surface area (Å²) in [5, 5.41) is 0. The number of rotatable bonds is 6. The number of hydrogen-bond acceptors (Lipinski definition) is 7. The van der Waals surface area contributed by atoms with Gasteiger partial charge in [-0.15, -0.1) is 0 Å². The maximum Gasteiger partial charge on any atom is 0.266 e. The predicted molar refractivity (Wildman–Crippen MR) is 113 cm³/mol. The van der Waals surface area contributed by atoms with E-state index in [0.717, 1.165) is 37.2 Å². The number of ether oxygens (including phenoxy) is 1. The highest BCUT2D eigenvalue weighted by Gasteiger charge is 2.31. The quantitative estimate of drug-likeness (QED) is 0.575. The van der Waals surface area contributed by atoms with Crippen LogP contribution in [-0.4, -0.2) is 29.5 Å². The Morgan fingerprint density at radius 2 is 1.88 bits per heavy atom. The normalized spacial score (nSPS) is 18.8. The SMILES string of the molecule is Nc1ncccc1C1CCCCC1Oc1cc(F)c(S(=O)(=O)Nc2ccncn2)cc1F. The minimum atomic E-state index is -4.41. The largest absolute Gasteiger partial charge is 0.487 e. The summed E-state index contributed by atoms with van der Waals surface area (Å²) < 4.78 is 62.5. The Balaban J connectivity index is 1.60. The highest BCUT2D eigenvalue weighted by atomic mass is 32.2. The monoisotopic (exact) mass is 461 g/mol. The number of benzene rings is 1. The molecule has 0 saturated heterocycles. The van der Waals surface area contributed by atoms with Gasteiger partial charge in [0.05, 0.1) is 0 Å². The molecule has 32 heavy (non-hydrogen) atoms. The van der Waals surface area contributed by atoms with E-state index >= 15 is 0 Å². The predicted octanol–water partition coefficient (Wildman–Crippen LogP) is 3.64. The molecule has 0 amide bonds. The average molecular weight is 461 g/mol. The van der Waals surface area contributed by atoms with Crippen LogP contribution in [0.1, 0.15) is 37.2 Å². The summed E-state index contributed by atoms with van der Waals surface area (Å²) in [5.41, 5.74) is 6.81. The Bertz CT molecular complexity index is 1210. The lowest BCUT2D eigenvalue weighted by Gasteiger charge is -2.32. The van der Waals surface area contributed by atoms with Crippen molar-refractivity contribution < 1.29 is 21.9 Å².